The largest absolute Gasteiger partial charge is 0.298 e. The molecule has 0 aliphatic carbocycles. The number of aromatic nitrogens is 3. The molecule has 2 aromatic rings. The quantitative estimate of drug-likeness (QED) is 0.709. The minimum Gasteiger partial charge on any atom is -0.298 e. The van der Waals surface area contributed by atoms with Gasteiger partial charge in [0.25, 0.3) is 0 Å². The summed E-state index contributed by atoms with van der Waals surface area (Å²) in [5.41, 5.74) is 1.52. The lowest BCUT2D eigenvalue weighted by Gasteiger charge is -2.04. The Kier molecular flexibility index (Phi) is 2.58. The standard InChI is InChI=1S/C11H11N3O/c1-2-10-9(8-15)7-13-14(10)11-5-3-4-6-12-11/h3-8H,2H2,1H3. The number of rotatable bonds is 3. The van der Waals surface area contributed by atoms with Crippen LogP contribution in [0.3, 0.4) is 0 Å². The fourth-order valence-electron chi connectivity index (χ4n) is 1.52. The van der Waals surface area contributed by atoms with Gasteiger partial charge in [0, 0.05) is 6.20 Å². The average molecular weight is 201 g/mol. The van der Waals surface area contributed by atoms with Crippen LogP contribution in [0, 0.1) is 0 Å². The van der Waals surface area contributed by atoms with Gasteiger partial charge in [-0.3, -0.25) is 4.79 Å². The lowest BCUT2D eigenvalue weighted by molar-refractivity contribution is 0.112. The van der Waals surface area contributed by atoms with Crippen molar-refractivity contribution < 1.29 is 4.79 Å². The van der Waals surface area contributed by atoms with Gasteiger partial charge in [-0.15, -0.1) is 0 Å². The van der Waals surface area contributed by atoms with Gasteiger partial charge in [0.15, 0.2) is 12.1 Å². The highest BCUT2D eigenvalue weighted by molar-refractivity contribution is 5.76. The van der Waals surface area contributed by atoms with E-state index in [1.165, 1.54) is 0 Å². The first-order valence-corrected chi connectivity index (χ1v) is 4.80. The molecule has 0 unspecified atom stereocenters. The number of pyridine rings is 1. The van der Waals surface area contributed by atoms with Crippen molar-refractivity contribution in [1.82, 2.24) is 14.8 Å². The molecule has 76 valence electrons. The molecule has 2 aromatic heterocycles. The molecular weight excluding hydrogens is 190 g/mol. The van der Waals surface area contributed by atoms with Crippen molar-refractivity contribution in [2.45, 2.75) is 13.3 Å². The van der Waals surface area contributed by atoms with Crippen molar-refractivity contribution >= 4 is 6.29 Å². The van der Waals surface area contributed by atoms with E-state index in [-0.39, 0.29) is 0 Å². The molecule has 0 amide bonds. The van der Waals surface area contributed by atoms with Crippen LogP contribution in [0.5, 0.6) is 0 Å². The Morgan fingerprint density at radius 3 is 2.93 bits per heavy atom. The van der Waals surface area contributed by atoms with Crippen LogP contribution in [0.4, 0.5) is 0 Å². The van der Waals surface area contributed by atoms with Gasteiger partial charge in [0.1, 0.15) is 0 Å². The molecular formula is C11H11N3O. The summed E-state index contributed by atoms with van der Waals surface area (Å²) < 4.78 is 1.70. The lowest BCUT2D eigenvalue weighted by atomic mass is 10.2. The van der Waals surface area contributed by atoms with Crippen LogP contribution < -0.4 is 0 Å². The molecule has 0 saturated heterocycles. The second-order valence-electron chi connectivity index (χ2n) is 3.12. The molecule has 0 aliphatic heterocycles. The van der Waals surface area contributed by atoms with Gasteiger partial charge in [-0.2, -0.15) is 5.10 Å². The van der Waals surface area contributed by atoms with Gasteiger partial charge in [0.05, 0.1) is 17.5 Å². The van der Waals surface area contributed by atoms with E-state index in [4.69, 9.17) is 0 Å². The Hall–Kier alpha value is -1.97. The van der Waals surface area contributed by atoms with E-state index >= 15 is 0 Å². The highest BCUT2D eigenvalue weighted by atomic mass is 16.1. The Morgan fingerprint density at radius 2 is 2.33 bits per heavy atom. The third-order valence-corrected chi connectivity index (χ3v) is 2.23. The summed E-state index contributed by atoms with van der Waals surface area (Å²) in [4.78, 5) is 14.9. The second-order valence-corrected chi connectivity index (χ2v) is 3.12. The summed E-state index contributed by atoms with van der Waals surface area (Å²) in [6.45, 7) is 1.99. The summed E-state index contributed by atoms with van der Waals surface area (Å²) in [5.74, 6) is 0.738. The van der Waals surface area contributed by atoms with E-state index in [0.717, 1.165) is 24.2 Å². The van der Waals surface area contributed by atoms with Gasteiger partial charge in [0.2, 0.25) is 0 Å². The zero-order valence-corrected chi connectivity index (χ0v) is 8.42. The topological polar surface area (TPSA) is 47.8 Å². The van der Waals surface area contributed by atoms with E-state index in [2.05, 4.69) is 10.1 Å². The van der Waals surface area contributed by atoms with Gasteiger partial charge in [-0.25, -0.2) is 9.67 Å². The fraction of sp³-hybridized carbons (Fsp3) is 0.182. The van der Waals surface area contributed by atoms with E-state index in [0.29, 0.717) is 5.56 Å². The number of hydrogen-bond donors (Lipinski definition) is 0. The van der Waals surface area contributed by atoms with E-state index in [9.17, 15) is 4.79 Å². The minimum absolute atomic E-state index is 0.628. The molecule has 15 heavy (non-hydrogen) atoms. The van der Waals surface area contributed by atoms with Crippen LogP contribution in [-0.2, 0) is 6.42 Å². The summed E-state index contributed by atoms with van der Waals surface area (Å²) in [6, 6.07) is 5.60. The number of nitrogens with zero attached hydrogens (tertiary/aromatic N) is 3. The smallest absolute Gasteiger partial charge is 0.153 e. The zero-order chi connectivity index (χ0) is 10.7. The maximum absolute atomic E-state index is 10.8. The second kappa shape index (κ2) is 4.04. The third kappa shape index (κ3) is 1.66. The van der Waals surface area contributed by atoms with Crippen LogP contribution in [0.15, 0.2) is 30.6 Å². The molecule has 0 radical (unpaired) electrons. The van der Waals surface area contributed by atoms with Crippen molar-refractivity contribution in [3.8, 4) is 5.82 Å². The van der Waals surface area contributed by atoms with Crippen LogP contribution in [-0.4, -0.2) is 21.1 Å². The zero-order valence-electron chi connectivity index (χ0n) is 8.42. The summed E-state index contributed by atoms with van der Waals surface area (Å²) in [7, 11) is 0. The molecule has 2 heterocycles. The van der Waals surface area contributed by atoms with E-state index < -0.39 is 0 Å². The van der Waals surface area contributed by atoms with Gasteiger partial charge in [-0.1, -0.05) is 13.0 Å². The Balaban J connectivity index is 2.54. The average Bonchev–Trinajstić information content (AvgIpc) is 2.72. The molecule has 0 aliphatic rings. The van der Waals surface area contributed by atoms with Crippen molar-refractivity contribution in [3.63, 3.8) is 0 Å². The molecule has 0 aromatic carbocycles. The van der Waals surface area contributed by atoms with Gasteiger partial charge in [-0.05, 0) is 18.6 Å². The molecule has 2 rings (SSSR count). The van der Waals surface area contributed by atoms with E-state index in [1.54, 1.807) is 17.1 Å². The number of carbonyl (C=O) groups is 1. The Labute approximate surface area is 87.6 Å². The SMILES string of the molecule is CCc1c(C=O)cnn1-c1ccccn1. The molecule has 0 spiro atoms. The van der Waals surface area contributed by atoms with Crippen molar-refractivity contribution in [2.24, 2.45) is 0 Å². The lowest BCUT2D eigenvalue weighted by Crippen LogP contribution is -2.04. The monoisotopic (exact) mass is 201 g/mol. The normalized spacial score (nSPS) is 10.2. The summed E-state index contributed by atoms with van der Waals surface area (Å²) in [5, 5.41) is 4.15. The Morgan fingerprint density at radius 1 is 1.47 bits per heavy atom. The first-order valence-electron chi connectivity index (χ1n) is 4.80. The van der Waals surface area contributed by atoms with Crippen LogP contribution in [0.1, 0.15) is 23.0 Å². The minimum atomic E-state index is 0.628. The maximum atomic E-state index is 10.8. The maximum Gasteiger partial charge on any atom is 0.153 e. The summed E-state index contributed by atoms with van der Waals surface area (Å²) >= 11 is 0. The van der Waals surface area contributed by atoms with Gasteiger partial charge >= 0.3 is 0 Å². The number of carbonyl (C=O) groups excluding carboxylic acids is 1. The van der Waals surface area contributed by atoms with Crippen LogP contribution in [0.2, 0.25) is 0 Å². The predicted octanol–water partition coefficient (Wildman–Crippen LogP) is 1.64. The molecule has 0 fully saturated rings. The fourth-order valence-corrected chi connectivity index (χ4v) is 1.52. The molecule has 0 N–H and O–H groups in total. The number of aldehydes is 1. The van der Waals surface area contributed by atoms with Crippen molar-refractivity contribution in [1.29, 1.82) is 0 Å². The Bertz CT molecular complexity index is 462. The van der Waals surface area contributed by atoms with Crippen molar-refractivity contribution in [2.75, 3.05) is 0 Å². The predicted molar refractivity (Wildman–Crippen MR) is 56.1 cm³/mol. The van der Waals surface area contributed by atoms with E-state index in [1.807, 2.05) is 25.1 Å². The molecule has 4 heteroatoms. The van der Waals surface area contributed by atoms with Crippen molar-refractivity contribution in [3.05, 3.63) is 41.9 Å². The van der Waals surface area contributed by atoms with Gasteiger partial charge < -0.3 is 0 Å². The highest BCUT2D eigenvalue weighted by Crippen LogP contribution is 2.11. The molecule has 0 atom stereocenters. The highest BCUT2D eigenvalue weighted by Gasteiger charge is 2.09. The first-order chi connectivity index (χ1) is 7.36. The first kappa shape index (κ1) is 9.58. The third-order valence-electron chi connectivity index (χ3n) is 2.23. The van der Waals surface area contributed by atoms with Crippen LogP contribution >= 0.6 is 0 Å². The van der Waals surface area contributed by atoms with Crippen LogP contribution in [0.25, 0.3) is 5.82 Å². The summed E-state index contributed by atoms with van der Waals surface area (Å²) in [6.07, 6.45) is 4.85. The molecule has 0 bridgehead atoms. The molecule has 4 nitrogen and oxygen atoms in total. The number of hydrogen-bond acceptors (Lipinski definition) is 3. The molecule has 0 saturated carbocycles.